The predicted octanol–water partition coefficient (Wildman–Crippen LogP) is 5.54. The lowest BCUT2D eigenvalue weighted by Crippen LogP contribution is -2.39. The van der Waals surface area contributed by atoms with Crippen LogP contribution in [-0.4, -0.2) is 16.0 Å². The summed E-state index contributed by atoms with van der Waals surface area (Å²) in [5.41, 5.74) is 2.95. The third-order valence-electron chi connectivity index (χ3n) is 5.26. The number of hydrogen-bond acceptors (Lipinski definition) is 4. The van der Waals surface area contributed by atoms with Gasteiger partial charge in [-0.25, -0.2) is 14.2 Å². The van der Waals surface area contributed by atoms with Crippen molar-refractivity contribution in [3.05, 3.63) is 75.5 Å². The van der Waals surface area contributed by atoms with Crippen LogP contribution >= 0.6 is 23.2 Å². The van der Waals surface area contributed by atoms with Crippen molar-refractivity contribution in [3.8, 4) is 5.75 Å². The molecule has 1 aromatic carbocycles. The molecule has 2 amide bonds. The molecule has 1 N–H and O–H groups in total. The number of carbonyl (C=O) groups is 1. The van der Waals surface area contributed by atoms with Gasteiger partial charge in [0.15, 0.2) is 0 Å². The van der Waals surface area contributed by atoms with Gasteiger partial charge in [-0.3, -0.25) is 9.88 Å². The number of pyridine rings is 2. The van der Waals surface area contributed by atoms with E-state index in [4.69, 9.17) is 27.9 Å². The third-order valence-corrected chi connectivity index (χ3v) is 5.89. The molecule has 2 aliphatic heterocycles. The number of nitrogens with one attached hydrogen (secondary N) is 1. The van der Waals surface area contributed by atoms with Gasteiger partial charge in [-0.15, -0.1) is 0 Å². The molecule has 2 aliphatic rings. The Bertz CT molecular complexity index is 1170. The quantitative estimate of drug-likeness (QED) is 0.526. The van der Waals surface area contributed by atoms with Crippen LogP contribution < -0.4 is 15.0 Å². The lowest BCUT2D eigenvalue weighted by atomic mass is 9.99. The summed E-state index contributed by atoms with van der Waals surface area (Å²) in [6.45, 7) is 0.213. The predicted molar refractivity (Wildman–Crippen MR) is 112 cm³/mol. The minimum absolute atomic E-state index is 0.213. The summed E-state index contributed by atoms with van der Waals surface area (Å²) < 4.78 is 20.2. The number of aromatic nitrogens is 2. The number of rotatable bonds is 2. The van der Waals surface area contributed by atoms with Gasteiger partial charge in [-0.2, -0.15) is 0 Å². The smallest absolute Gasteiger partial charge is 0.326 e. The van der Waals surface area contributed by atoms with Crippen molar-refractivity contribution in [2.45, 2.75) is 25.5 Å². The van der Waals surface area contributed by atoms with E-state index in [2.05, 4.69) is 15.3 Å². The standard InChI is InChI=1S/C21H15Cl2FN4O2/c22-13-8-11-3-4-17(19-14(24)2-1-6-25-19)30-18(11)9-16(13)28-10-12-15(27-21(28)29)5-7-26-20(12)23/h1-2,5-9,17H,3-4,10H2,(H,27,29). The molecule has 0 saturated heterocycles. The van der Waals surface area contributed by atoms with Crippen LogP contribution in [0.4, 0.5) is 20.6 Å². The molecule has 5 rings (SSSR count). The molecule has 0 spiro atoms. The maximum Gasteiger partial charge on any atom is 0.326 e. The fourth-order valence-corrected chi connectivity index (χ4v) is 4.27. The van der Waals surface area contributed by atoms with E-state index in [0.29, 0.717) is 45.7 Å². The van der Waals surface area contributed by atoms with E-state index in [-0.39, 0.29) is 18.3 Å². The first-order valence-corrected chi connectivity index (χ1v) is 10.1. The second kappa shape index (κ2) is 7.41. The Hall–Kier alpha value is -2.90. The average molecular weight is 445 g/mol. The first-order valence-electron chi connectivity index (χ1n) is 9.32. The molecule has 3 aromatic rings. The Morgan fingerprint density at radius 3 is 2.90 bits per heavy atom. The maximum atomic E-state index is 14.2. The lowest BCUT2D eigenvalue weighted by Gasteiger charge is -2.32. The van der Waals surface area contributed by atoms with Crippen molar-refractivity contribution >= 4 is 40.6 Å². The molecule has 2 aromatic heterocycles. The van der Waals surface area contributed by atoms with Gasteiger partial charge in [0.1, 0.15) is 28.5 Å². The van der Waals surface area contributed by atoms with Crippen molar-refractivity contribution in [1.29, 1.82) is 0 Å². The molecule has 0 aliphatic carbocycles. The van der Waals surface area contributed by atoms with Crippen LogP contribution in [0.15, 0.2) is 42.7 Å². The summed E-state index contributed by atoms with van der Waals surface area (Å²) in [4.78, 5) is 22.4. The summed E-state index contributed by atoms with van der Waals surface area (Å²) >= 11 is 12.7. The highest BCUT2D eigenvalue weighted by Gasteiger charge is 2.31. The highest BCUT2D eigenvalue weighted by atomic mass is 35.5. The van der Waals surface area contributed by atoms with E-state index in [0.717, 1.165) is 5.56 Å². The SMILES string of the molecule is O=C1Nc2ccnc(Cl)c2CN1c1cc2c(cc1Cl)CCC(c1ncccc1F)O2. The van der Waals surface area contributed by atoms with E-state index in [1.807, 2.05) is 0 Å². The minimum atomic E-state index is -0.512. The zero-order chi connectivity index (χ0) is 20.8. The molecule has 0 fully saturated rings. The molecule has 6 nitrogen and oxygen atoms in total. The summed E-state index contributed by atoms with van der Waals surface area (Å²) in [5.74, 6) is 0.140. The summed E-state index contributed by atoms with van der Waals surface area (Å²) in [6, 6.07) is 7.75. The van der Waals surface area contributed by atoms with Crippen LogP contribution in [-0.2, 0) is 13.0 Å². The molecule has 0 bridgehead atoms. The van der Waals surface area contributed by atoms with Crippen molar-refractivity contribution in [2.24, 2.45) is 0 Å². The first-order chi connectivity index (χ1) is 14.5. The van der Waals surface area contributed by atoms with Gasteiger partial charge in [-0.1, -0.05) is 23.2 Å². The number of aryl methyl sites for hydroxylation is 1. The molecule has 152 valence electrons. The van der Waals surface area contributed by atoms with Crippen LogP contribution in [0.1, 0.15) is 29.3 Å². The molecular weight excluding hydrogens is 430 g/mol. The van der Waals surface area contributed by atoms with Crippen LogP contribution in [0, 0.1) is 5.82 Å². The number of benzene rings is 1. The van der Waals surface area contributed by atoms with Gasteiger partial charge in [-0.05, 0) is 42.7 Å². The number of amides is 2. The van der Waals surface area contributed by atoms with E-state index >= 15 is 0 Å². The molecule has 30 heavy (non-hydrogen) atoms. The van der Waals surface area contributed by atoms with Crippen LogP contribution in [0.5, 0.6) is 5.75 Å². The molecule has 1 atom stereocenters. The van der Waals surface area contributed by atoms with Gasteiger partial charge >= 0.3 is 6.03 Å². The van der Waals surface area contributed by atoms with Crippen molar-refractivity contribution < 1.29 is 13.9 Å². The second-order valence-corrected chi connectivity index (χ2v) is 7.84. The summed E-state index contributed by atoms with van der Waals surface area (Å²) in [6.07, 6.45) is 3.80. The second-order valence-electron chi connectivity index (χ2n) is 7.07. The molecule has 9 heteroatoms. The third kappa shape index (κ3) is 3.24. The number of carbonyl (C=O) groups excluding carboxylic acids is 1. The number of halogens is 3. The number of ether oxygens (including phenoxy) is 1. The average Bonchev–Trinajstić information content (AvgIpc) is 2.73. The van der Waals surface area contributed by atoms with E-state index in [1.165, 1.54) is 23.4 Å². The molecule has 1 unspecified atom stereocenters. The minimum Gasteiger partial charge on any atom is -0.484 e. The topological polar surface area (TPSA) is 67.4 Å². The molecule has 4 heterocycles. The number of fused-ring (bicyclic) bond motifs is 2. The number of nitrogens with zero attached hydrogens (tertiary/aromatic N) is 3. The number of hydrogen-bond donors (Lipinski definition) is 1. The van der Waals surface area contributed by atoms with E-state index in [1.54, 1.807) is 24.3 Å². The Kier molecular flexibility index (Phi) is 4.72. The molecular formula is C21H15Cl2FN4O2. The van der Waals surface area contributed by atoms with Gasteiger partial charge in [0, 0.05) is 24.0 Å². The van der Waals surface area contributed by atoms with Crippen molar-refractivity contribution in [2.75, 3.05) is 10.2 Å². The molecule has 0 saturated carbocycles. The zero-order valence-corrected chi connectivity index (χ0v) is 17.0. The monoisotopic (exact) mass is 444 g/mol. The van der Waals surface area contributed by atoms with E-state index < -0.39 is 11.9 Å². The Morgan fingerprint density at radius 1 is 1.20 bits per heavy atom. The largest absolute Gasteiger partial charge is 0.484 e. The number of anilines is 2. The van der Waals surface area contributed by atoms with Crippen LogP contribution in [0.2, 0.25) is 10.2 Å². The summed E-state index contributed by atoms with van der Waals surface area (Å²) in [5, 5.41) is 3.53. The Labute approximate surface area is 181 Å². The normalized spacial score (nSPS) is 17.6. The van der Waals surface area contributed by atoms with E-state index in [9.17, 15) is 9.18 Å². The van der Waals surface area contributed by atoms with Gasteiger partial charge in [0.2, 0.25) is 0 Å². The van der Waals surface area contributed by atoms with Crippen LogP contribution in [0.3, 0.4) is 0 Å². The first kappa shape index (κ1) is 19.1. The molecule has 0 radical (unpaired) electrons. The summed E-state index contributed by atoms with van der Waals surface area (Å²) in [7, 11) is 0. The highest BCUT2D eigenvalue weighted by molar-refractivity contribution is 6.34. The van der Waals surface area contributed by atoms with Crippen LogP contribution in [0.25, 0.3) is 0 Å². The van der Waals surface area contributed by atoms with Gasteiger partial charge < -0.3 is 10.1 Å². The highest BCUT2D eigenvalue weighted by Crippen LogP contribution is 2.42. The Balaban J connectivity index is 1.50. The van der Waals surface area contributed by atoms with Gasteiger partial charge in [0.05, 0.1) is 22.9 Å². The maximum absolute atomic E-state index is 14.2. The Morgan fingerprint density at radius 2 is 2.07 bits per heavy atom. The fraction of sp³-hybridized carbons (Fsp3) is 0.190. The van der Waals surface area contributed by atoms with Gasteiger partial charge in [0.25, 0.3) is 0 Å². The fourth-order valence-electron chi connectivity index (χ4n) is 3.76. The van der Waals surface area contributed by atoms with Crippen molar-refractivity contribution in [1.82, 2.24) is 9.97 Å². The number of urea groups is 1. The van der Waals surface area contributed by atoms with Crippen molar-refractivity contribution in [3.63, 3.8) is 0 Å². The lowest BCUT2D eigenvalue weighted by molar-refractivity contribution is 0.167. The zero-order valence-electron chi connectivity index (χ0n) is 15.5.